The normalized spacial score (nSPS) is 13.5. The molecule has 0 spiro atoms. The van der Waals surface area contributed by atoms with Crippen LogP contribution >= 0.6 is 0 Å². The first-order chi connectivity index (χ1) is 12.7. The molecule has 0 saturated carbocycles. The van der Waals surface area contributed by atoms with Gasteiger partial charge in [-0.2, -0.15) is 5.10 Å². The molecule has 0 unspecified atom stereocenters. The summed E-state index contributed by atoms with van der Waals surface area (Å²) >= 11 is 0. The monoisotopic (exact) mass is 349 g/mol. The van der Waals surface area contributed by atoms with E-state index >= 15 is 0 Å². The van der Waals surface area contributed by atoms with Gasteiger partial charge in [-0.3, -0.25) is 14.8 Å². The molecule has 2 N–H and O–H groups in total. The van der Waals surface area contributed by atoms with E-state index in [-0.39, 0.29) is 12.0 Å². The Labute approximate surface area is 148 Å². The van der Waals surface area contributed by atoms with Gasteiger partial charge in [0.15, 0.2) is 5.82 Å². The highest BCUT2D eigenvalue weighted by Gasteiger charge is 2.23. The second kappa shape index (κ2) is 6.67. The lowest BCUT2D eigenvalue weighted by atomic mass is 10.1. The standard InChI is InChI=1S/C18H15N5O3/c24-17(13-3-7-15(8-4-13)23-9-10-26-18(23)25)21-14-5-1-12(2-6-14)16-19-11-20-22-16/h1-8,11H,9-10H2,(H,21,24)(H,19,20,22). The number of hydrogen-bond donors (Lipinski definition) is 2. The van der Waals surface area contributed by atoms with Crippen LogP contribution in [0.3, 0.4) is 0 Å². The lowest BCUT2D eigenvalue weighted by molar-refractivity contribution is 0.102. The van der Waals surface area contributed by atoms with E-state index in [0.717, 1.165) is 5.56 Å². The van der Waals surface area contributed by atoms with Gasteiger partial charge in [-0.15, -0.1) is 0 Å². The van der Waals surface area contributed by atoms with Crippen molar-refractivity contribution in [3.05, 3.63) is 60.4 Å². The first kappa shape index (κ1) is 15.8. The van der Waals surface area contributed by atoms with Gasteiger partial charge in [0.1, 0.15) is 12.9 Å². The number of amides is 2. The molecule has 1 aromatic heterocycles. The predicted octanol–water partition coefficient (Wildman–Crippen LogP) is 2.68. The van der Waals surface area contributed by atoms with Crippen LogP contribution in [0.4, 0.5) is 16.2 Å². The molecule has 0 bridgehead atoms. The molecule has 1 aliphatic rings. The van der Waals surface area contributed by atoms with Crippen LogP contribution in [0.2, 0.25) is 0 Å². The maximum absolute atomic E-state index is 12.4. The van der Waals surface area contributed by atoms with Crippen LogP contribution in [-0.4, -0.2) is 40.3 Å². The molecular weight excluding hydrogens is 334 g/mol. The number of carbonyl (C=O) groups is 2. The number of nitrogens with one attached hydrogen (secondary N) is 2. The van der Waals surface area contributed by atoms with Crippen molar-refractivity contribution in [2.24, 2.45) is 0 Å². The number of nitrogens with zero attached hydrogens (tertiary/aromatic N) is 3. The van der Waals surface area contributed by atoms with Gasteiger partial charge in [0.2, 0.25) is 0 Å². The van der Waals surface area contributed by atoms with Gasteiger partial charge in [0, 0.05) is 22.5 Å². The van der Waals surface area contributed by atoms with Crippen molar-refractivity contribution >= 4 is 23.4 Å². The zero-order valence-corrected chi connectivity index (χ0v) is 13.7. The van der Waals surface area contributed by atoms with Crippen LogP contribution in [0.25, 0.3) is 11.4 Å². The zero-order valence-electron chi connectivity index (χ0n) is 13.7. The summed E-state index contributed by atoms with van der Waals surface area (Å²) in [5, 5.41) is 9.43. The highest BCUT2D eigenvalue weighted by atomic mass is 16.6. The minimum absolute atomic E-state index is 0.229. The number of rotatable bonds is 4. The first-order valence-corrected chi connectivity index (χ1v) is 8.02. The van der Waals surface area contributed by atoms with Gasteiger partial charge in [0.05, 0.1) is 6.54 Å². The van der Waals surface area contributed by atoms with Crippen molar-refractivity contribution in [3.8, 4) is 11.4 Å². The van der Waals surface area contributed by atoms with Crippen molar-refractivity contribution in [2.45, 2.75) is 0 Å². The molecule has 3 aromatic rings. The summed E-state index contributed by atoms with van der Waals surface area (Å²) in [5.74, 6) is 0.437. The van der Waals surface area contributed by atoms with Crippen LogP contribution in [0, 0.1) is 0 Å². The van der Waals surface area contributed by atoms with Crippen LogP contribution in [0.1, 0.15) is 10.4 Å². The Hall–Kier alpha value is -3.68. The van der Waals surface area contributed by atoms with E-state index in [2.05, 4.69) is 20.5 Å². The Morgan fingerprint density at radius 3 is 2.50 bits per heavy atom. The fourth-order valence-corrected chi connectivity index (χ4v) is 2.68. The highest BCUT2D eigenvalue weighted by molar-refractivity contribution is 6.04. The van der Waals surface area contributed by atoms with Gasteiger partial charge >= 0.3 is 6.09 Å². The fraction of sp³-hybridized carbons (Fsp3) is 0.111. The number of aromatic amines is 1. The van der Waals surface area contributed by atoms with E-state index in [1.54, 1.807) is 36.4 Å². The highest BCUT2D eigenvalue weighted by Crippen LogP contribution is 2.21. The minimum atomic E-state index is -0.367. The summed E-state index contributed by atoms with van der Waals surface area (Å²) in [6.07, 6.45) is 1.07. The zero-order chi connectivity index (χ0) is 17.9. The molecule has 4 rings (SSSR count). The third-order valence-electron chi connectivity index (χ3n) is 4.03. The number of H-pyrrole nitrogens is 1. The molecule has 1 aliphatic heterocycles. The molecule has 26 heavy (non-hydrogen) atoms. The number of aromatic nitrogens is 3. The number of hydrogen-bond acceptors (Lipinski definition) is 5. The second-order valence-electron chi connectivity index (χ2n) is 5.68. The molecule has 2 heterocycles. The Morgan fingerprint density at radius 1 is 1.12 bits per heavy atom. The van der Waals surface area contributed by atoms with Crippen molar-refractivity contribution < 1.29 is 14.3 Å². The van der Waals surface area contributed by atoms with Gasteiger partial charge in [0.25, 0.3) is 5.91 Å². The first-order valence-electron chi connectivity index (χ1n) is 8.02. The lowest BCUT2D eigenvalue weighted by Gasteiger charge is -2.13. The van der Waals surface area contributed by atoms with Crippen molar-refractivity contribution in [3.63, 3.8) is 0 Å². The lowest BCUT2D eigenvalue weighted by Crippen LogP contribution is -2.23. The number of benzene rings is 2. The summed E-state index contributed by atoms with van der Waals surface area (Å²) in [4.78, 5) is 29.6. The SMILES string of the molecule is O=C(Nc1ccc(-c2ncn[nH]2)cc1)c1ccc(N2CCOC2=O)cc1. The number of cyclic esters (lactones) is 1. The minimum Gasteiger partial charge on any atom is -0.447 e. The van der Waals surface area contributed by atoms with E-state index in [9.17, 15) is 9.59 Å². The summed E-state index contributed by atoms with van der Waals surface area (Å²) in [5.41, 5.74) is 2.76. The predicted molar refractivity (Wildman–Crippen MR) is 94.9 cm³/mol. The topological polar surface area (TPSA) is 100 Å². The molecule has 2 amide bonds. The molecule has 1 saturated heterocycles. The van der Waals surface area contributed by atoms with Crippen molar-refractivity contribution in [1.29, 1.82) is 0 Å². The van der Waals surface area contributed by atoms with Crippen LogP contribution in [0.15, 0.2) is 54.9 Å². The van der Waals surface area contributed by atoms with Gasteiger partial charge in [-0.1, -0.05) is 0 Å². The summed E-state index contributed by atoms with van der Waals surface area (Å²) in [6.45, 7) is 0.896. The maximum Gasteiger partial charge on any atom is 0.414 e. The Morgan fingerprint density at radius 2 is 1.88 bits per heavy atom. The average molecular weight is 349 g/mol. The average Bonchev–Trinajstić information content (AvgIpc) is 3.34. The smallest absolute Gasteiger partial charge is 0.414 e. The van der Waals surface area contributed by atoms with E-state index < -0.39 is 0 Å². The van der Waals surface area contributed by atoms with Crippen molar-refractivity contribution in [1.82, 2.24) is 15.2 Å². The molecule has 8 heteroatoms. The van der Waals surface area contributed by atoms with Gasteiger partial charge in [-0.25, -0.2) is 9.78 Å². The van der Waals surface area contributed by atoms with Crippen molar-refractivity contribution in [2.75, 3.05) is 23.4 Å². The van der Waals surface area contributed by atoms with E-state index in [1.807, 2.05) is 12.1 Å². The Bertz CT molecular complexity index is 920. The number of ether oxygens (including phenoxy) is 1. The van der Waals surface area contributed by atoms with E-state index in [0.29, 0.717) is 35.9 Å². The fourth-order valence-electron chi connectivity index (χ4n) is 2.68. The van der Waals surface area contributed by atoms with Gasteiger partial charge < -0.3 is 10.1 Å². The van der Waals surface area contributed by atoms with E-state index in [4.69, 9.17) is 4.74 Å². The third kappa shape index (κ3) is 3.12. The van der Waals surface area contributed by atoms with E-state index in [1.165, 1.54) is 11.2 Å². The van der Waals surface area contributed by atoms with Crippen LogP contribution in [0.5, 0.6) is 0 Å². The molecule has 8 nitrogen and oxygen atoms in total. The van der Waals surface area contributed by atoms with Crippen LogP contribution in [-0.2, 0) is 4.74 Å². The van der Waals surface area contributed by atoms with Crippen LogP contribution < -0.4 is 10.2 Å². The molecule has 2 aromatic carbocycles. The number of anilines is 2. The molecule has 0 radical (unpaired) electrons. The quantitative estimate of drug-likeness (QED) is 0.754. The Balaban J connectivity index is 1.43. The summed E-state index contributed by atoms with van der Waals surface area (Å²) in [7, 11) is 0. The Kier molecular flexibility index (Phi) is 4.06. The molecule has 0 aliphatic carbocycles. The molecule has 0 atom stereocenters. The number of carbonyl (C=O) groups excluding carboxylic acids is 2. The summed E-state index contributed by atoms with van der Waals surface area (Å²) in [6, 6.07) is 14.1. The summed E-state index contributed by atoms with van der Waals surface area (Å²) < 4.78 is 4.91. The molecule has 130 valence electrons. The third-order valence-corrected chi connectivity index (χ3v) is 4.03. The molecular formula is C18H15N5O3. The largest absolute Gasteiger partial charge is 0.447 e. The second-order valence-corrected chi connectivity index (χ2v) is 5.68. The van der Waals surface area contributed by atoms with Gasteiger partial charge in [-0.05, 0) is 48.5 Å². The maximum atomic E-state index is 12.4. The molecule has 1 fully saturated rings.